The lowest BCUT2D eigenvalue weighted by molar-refractivity contribution is 0.00954. The van der Waals surface area contributed by atoms with Crippen molar-refractivity contribution in [2.24, 2.45) is 5.92 Å². The van der Waals surface area contributed by atoms with E-state index >= 15 is 0 Å². The Morgan fingerprint density at radius 2 is 2.50 bits per heavy atom. The average Bonchev–Trinajstić information content (AvgIpc) is 2.62. The van der Waals surface area contributed by atoms with E-state index in [4.69, 9.17) is 0 Å². The first kappa shape index (κ1) is 10.1. The smallest absolute Gasteiger partial charge is 0.0956 e. The highest BCUT2D eigenvalue weighted by molar-refractivity contribution is 7.09. The summed E-state index contributed by atoms with van der Waals surface area (Å²) in [7, 11) is 0. The van der Waals surface area contributed by atoms with Gasteiger partial charge in [-0.15, -0.1) is 11.3 Å². The molecule has 0 aliphatic heterocycles. The zero-order valence-corrected chi connectivity index (χ0v) is 9.60. The number of hydrogen-bond acceptors (Lipinski definition) is 3. The molecule has 3 heteroatoms. The number of aliphatic hydroxyl groups is 1. The van der Waals surface area contributed by atoms with Gasteiger partial charge in [-0.1, -0.05) is 13.3 Å². The molecular formula is C11H17NOS. The molecule has 1 heterocycles. The number of aromatic nitrogens is 1. The van der Waals surface area contributed by atoms with E-state index in [2.05, 4.69) is 17.3 Å². The summed E-state index contributed by atoms with van der Waals surface area (Å²) in [5.74, 6) is 0.423. The molecule has 0 aromatic carbocycles. The molecule has 2 rings (SSSR count). The molecule has 2 atom stereocenters. The first-order valence-electron chi connectivity index (χ1n) is 5.23. The van der Waals surface area contributed by atoms with Gasteiger partial charge in [0.1, 0.15) is 0 Å². The predicted octanol–water partition coefficient (Wildman–Crippen LogP) is 2.55. The fourth-order valence-electron chi connectivity index (χ4n) is 2.24. The van der Waals surface area contributed by atoms with Gasteiger partial charge in [0.2, 0.25) is 0 Å². The second-order valence-electron chi connectivity index (χ2n) is 4.46. The molecule has 0 amide bonds. The van der Waals surface area contributed by atoms with Crippen LogP contribution in [0.5, 0.6) is 0 Å². The monoisotopic (exact) mass is 211 g/mol. The highest BCUT2D eigenvalue weighted by Gasteiger charge is 2.38. The zero-order chi connectivity index (χ0) is 10.2. The van der Waals surface area contributed by atoms with Gasteiger partial charge in [0.05, 0.1) is 10.6 Å². The maximum absolute atomic E-state index is 10.4. The third-order valence-corrected chi connectivity index (χ3v) is 4.25. The molecule has 1 aromatic rings. The Balaban J connectivity index is 2.10. The number of nitrogens with zero attached hydrogens (tertiary/aromatic N) is 1. The minimum Gasteiger partial charge on any atom is -0.389 e. The first-order chi connectivity index (χ1) is 6.60. The standard InChI is InChI=1S/C11H17NOS/c1-8-4-3-5-11(8,13)6-10-12-9(2)7-14-10/h7-8,13H,3-6H2,1-2H3. The Hall–Kier alpha value is -0.410. The highest BCUT2D eigenvalue weighted by Crippen LogP contribution is 2.38. The normalized spacial score (nSPS) is 32.4. The molecule has 1 saturated carbocycles. The highest BCUT2D eigenvalue weighted by atomic mass is 32.1. The van der Waals surface area contributed by atoms with E-state index in [9.17, 15) is 5.11 Å². The van der Waals surface area contributed by atoms with Crippen LogP contribution in [0.1, 0.15) is 36.9 Å². The van der Waals surface area contributed by atoms with Crippen molar-refractivity contribution in [3.8, 4) is 0 Å². The molecule has 0 saturated heterocycles. The lowest BCUT2D eigenvalue weighted by Gasteiger charge is -2.26. The van der Waals surface area contributed by atoms with Crippen LogP contribution in [0, 0.1) is 12.8 Å². The van der Waals surface area contributed by atoms with Crippen molar-refractivity contribution in [3.63, 3.8) is 0 Å². The van der Waals surface area contributed by atoms with Gasteiger partial charge >= 0.3 is 0 Å². The molecule has 2 nitrogen and oxygen atoms in total. The summed E-state index contributed by atoms with van der Waals surface area (Å²) >= 11 is 1.67. The Morgan fingerprint density at radius 3 is 3.00 bits per heavy atom. The van der Waals surface area contributed by atoms with Crippen LogP contribution >= 0.6 is 11.3 Å². The molecule has 1 N–H and O–H groups in total. The van der Waals surface area contributed by atoms with Crippen molar-refractivity contribution >= 4 is 11.3 Å². The van der Waals surface area contributed by atoms with Crippen LogP contribution in [-0.4, -0.2) is 15.7 Å². The molecule has 0 radical (unpaired) electrons. The van der Waals surface area contributed by atoms with Crippen molar-refractivity contribution in [1.29, 1.82) is 0 Å². The first-order valence-corrected chi connectivity index (χ1v) is 6.11. The van der Waals surface area contributed by atoms with Crippen LogP contribution < -0.4 is 0 Å². The molecule has 0 bridgehead atoms. The number of rotatable bonds is 2. The van der Waals surface area contributed by atoms with Crippen molar-refractivity contribution in [1.82, 2.24) is 4.98 Å². The summed E-state index contributed by atoms with van der Waals surface area (Å²) < 4.78 is 0. The molecule has 2 unspecified atom stereocenters. The van der Waals surface area contributed by atoms with Gasteiger partial charge in [-0.05, 0) is 25.7 Å². The molecule has 1 fully saturated rings. The van der Waals surface area contributed by atoms with Crippen LogP contribution in [0.4, 0.5) is 0 Å². The maximum Gasteiger partial charge on any atom is 0.0956 e. The molecular weight excluding hydrogens is 194 g/mol. The summed E-state index contributed by atoms with van der Waals surface area (Å²) in [6.45, 7) is 4.15. The van der Waals surface area contributed by atoms with Gasteiger partial charge in [-0.25, -0.2) is 4.98 Å². The zero-order valence-electron chi connectivity index (χ0n) is 8.79. The lowest BCUT2D eigenvalue weighted by atomic mass is 9.89. The minimum atomic E-state index is -0.482. The van der Waals surface area contributed by atoms with Gasteiger partial charge in [0.15, 0.2) is 0 Å². The van der Waals surface area contributed by atoms with Crippen molar-refractivity contribution in [2.45, 2.75) is 45.1 Å². The number of hydrogen-bond donors (Lipinski definition) is 1. The number of thiazole rings is 1. The van der Waals surface area contributed by atoms with Gasteiger partial charge < -0.3 is 5.11 Å². The summed E-state index contributed by atoms with van der Waals surface area (Å²) in [5.41, 5.74) is 0.587. The van der Waals surface area contributed by atoms with Crippen LogP contribution in [-0.2, 0) is 6.42 Å². The lowest BCUT2D eigenvalue weighted by Crippen LogP contribution is -2.33. The SMILES string of the molecule is Cc1csc(CC2(O)CCCC2C)n1. The van der Waals surface area contributed by atoms with E-state index < -0.39 is 5.60 Å². The topological polar surface area (TPSA) is 33.1 Å². The van der Waals surface area contributed by atoms with Gasteiger partial charge in [0.25, 0.3) is 0 Å². The fraction of sp³-hybridized carbons (Fsp3) is 0.727. The molecule has 0 spiro atoms. The Kier molecular flexibility index (Phi) is 2.62. The Labute approximate surface area is 89.0 Å². The summed E-state index contributed by atoms with van der Waals surface area (Å²) in [5, 5.41) is 13.5. The second-order valence-corrected chi connectivity index (χ2v) is 5.40. The molecule has 78 valence electrons. The minimum absolute atomic E-state index is 0.423. The van der Waals surface area contributed by atoms with E-state index in [1.807, 2.05) is 6.92 Å². The largest absolute Gasteiger partial charge is 0.389 e. The predicted molar refractivity (Wildman–Crippen MR) is 58.5 cm³/mol. The Morgan fingerprint density at radius 1 is 1.71 bits per heavy atom. The van der Waals surface area contributed by atoms with Crippen molar-refractivity contribution in [2.75, 3.05) is 0 Å². The molecule has 1 aliphatic carbocycles. The van der Waals surface area contributed by atoms with E-state index in [-0.39, 0.29) is 0 Å². The summed E-state index contributed by atoms with van der Waals surface area (Å²) in [6.07, 6.45) is 3.99. The summed E-state index contributed by atoms with van der Waals surface area (Å²) in [4.78, 5) is 4.41. The fourth-order valence-corrected chi connectivity index (χ4v) is 3.13. The summed E-state index contributed by atoms with van der Waals surface area (Å²) in [6, 6.07) is 0. The van der Waals surface area contributed by atoms with Crippen LogP contribution in [0.15, 0.2) is 5.38 Å². The average molecular weight is 211 g/mol. The Bertz CT molecular complexity index is 323. The third-order valence-electron chi connectivity index (χ3n) is 3.29. The molecule has 1 aliphatic rings. The van der Waals surface area contributed by atoms with Crippen molar-refractivity contribution in [3.05, 3.63) is 16.1 Å². The van der Waals surface area contributed by atoms with Gasteiger partial charge in [-0.3, -0.25) is 0 Å². The van der Waals surface area contributed by atoms with E-state index in [0.29, 0.717) is 5.92 Å². The van der Waals surface area contributed by atoms with Gasteiger partial charge in [-0.2, -0.15) is 0 Å². The van der Waals surface area contributed by atoms with Crippen LogP contribution in [0.25, 0.3) is 0 Å². The molecule has 14 heavy (non-hydrogen) atoms. The van der Waals surface area contributed by atoms with E-state index in [0.717, 1.165) is 36.4 Å². The van der Waals surface area contributed by atoms with E-state index in [1.165, 1.54) is 0 Å². The second kappa shape index (κ2) is 3.63. The third kappa shape index (κ3) is 1.84. The van der Waals surface area contributed by atoms with Crippen molar-refractivity contribution < 1.29 is 5.11 Å². The van der Waals surface area contributed by atoms with Crippen LogP contribution in [0.2, 0.25) is 0 Å². The van der Waals surface area contributed by atoms with E-state index in [1.54, 1.807) is 11.3 Å². The quantitative estimate of drug-likeness (QED) is 0.815. The van der Waals surface area contributed by atoms with Crippen LogP contribution in [0.3, 0.4) is 0 Å². The van der Waals surface area contributed by atoms with Gasteiger partial charge in [0, 0.05) is 17.5 Å². The number of aryl methyl sites for hydroxylation is 1. The molecule has 1 aromatic heterocycles. The maximum atomic E-state index is 10.4.